The second kappa shape index (κ2) is 7.63. The molecule has 2 atom stereocenters. The fraction of sp³-hybridized carbons (Fsp3) is 0.600. The predicted molar refractivity (Wildman–Crippen MR) is 89.1 cm³/mol. The van der Waals surface area contributed by atoms with Gasteiger partial charge < -0.3 is 5.32 Å². The van der Waals surface area contributed by atoms with E-state index < -0.39 is 10.0 Å². The van der Waals surface area contributed by atoms with Gasteiger partial charge in [0.1, 0.15) is 0 Å². The number of hydrogen-bond donors (Lipinski definition) is 2. The number of thioether (sulfide) groups is 1. The fourth-order valence-corrected chi connectivity index (χ4v) is 5.45. The van der Waals surface area contributed by atoms with E-state index in [0.29, 0.717) is 16.7 Å². The Morgan fingerprint density at radius 3 is 2.67 bits per heavy atom. The van der Waals surface area contributed by atoms with Crippen molar-refractivity contribution in [1.82, 2.24) is 10.0 Å². The minimum absolute atomic E-state index is 0.0430. The van der Waals surface area contributed by atoms with E-state index in [4.69, 9.17) is 0 Å². The predicted octanol–water partition coefficient (Wildman–Crippen LogP) is 2.36. The average molecular weight is 329 g/mol. The normalized spacial score (nSPS) is 23.1. The molecule has 4 nitrogen and oxygen atoms in total. The van der Waals surface area contributed by atoms with Gasteiger partial charge in [-0.2, -0.15) is 11.8 Å². The van der Waals surface area contributed by atoms with Crippen LogP contribution >= 0.6 is 11.8 Å². The zero-order valence-corrected chi connectivity index (χ0v) is 14.3. The first kappa shape index (κ1) is 16.8. The molecule has 0 radical (unpaired) electrons. The SMILES string of the molecule is CNCc1ccccc1S(=O)(=O)NC1CCCCC1SC. The van der Waals surface area contributed by atoms with E-state index in [1.807, 2.05) is 19.2 Å². The molecule has 0 saturated heterocycles. The van der Waals surface area contributed by atoms with Crippen molar-refractivity contribution in [3.8, 4) is 0 Å². The van der Waals surface area contributed by atoms with Crippen LogP contribution < -0.4 is 10.0 Å². The van der Waals surface area contributed by atoms with Gasteiger partial charge in [-0.25, -0.2) is 13.1 Å². The topological polar surface area (TPSA) is 58.2 Å². The van der Waals surface area contributed by atoms with Crippen LogP contribution in [0.3, 0.4) is 0 Å². The maximum absolute atomic E-state index is 12.7. The number of nitrogens with one attached hydrogen (secondary N) is 2. The lowest BCUT2D eigenvalue weighted by atomic mass is 9.96. The van der Waals surface area contributed by atoms with Crippen LogP contribution in [0.5, 0.6) is 0 Å². The lowest BCUT2D eigenvalue weighted by Gasteiger charge is -2.30. The Balaban J connectivity index is 2.21. The Bertz CT molecular complexity index is 561. The summed E-state index contributed by atoms with van der Waals surface area (Å²) in [5.74, 6) is 0. The summed E-state index contributed by atoms with van der Waals surface area (Å²) in [6.07, 6.45) is 6.38. The largest absolute Gasteiger partial charge is 0.316 e. The van der Waals surface area contributed by atoms with E-state index in [-0.39, 0.29) is 6.04 Å². The van der Waals surface area contributed by atoms with Crippen molar-refractivity contribution >= 4 is 21.8 Å². The fourth-order valence-electron chi connectivity index (χ4n) is 2.88. The van der Waals surface area contributed by atoms with Crippen LogP contribution in [0.1, 0.15) is 31.2 Å². The molecule has 0 aliphatic heterocycles. The molecule has 1 aromatic carbocycles. The molecule has 2 rings (SSSR count). The molecule has 21 heavy (non-hydrogen) atoms. The van der Waals surface area contributed by atoms with Gasteiger partial charge in [0.15, 0.2) is 0 Å². The van der Waals surface area contributed by atoms with E-state index in [1.165, 1.54) is 6.42 Å². The highest BCUT2D eigenvalue weighted by molar-refractivity contribution is 7.99. The molecule has 2 unspecified atom stereocenters. The minimum atomic E-state index is -3.46. The van der Waals surface area contributed by atoms with Gasteiger partial charge in [0, 0.05) is 17.8 Å². The number of hydrogen-bond acceptors (Lipinski definition) is 4. The summed E-state index contributed by atoms with van der Waals surface area (Å²) < 4.78 is 28.4. The molecule has 0 amide bonds. The van der Waals surface area contributed by atoms with E-state index in [9.17, 15) is 8.42 Å². The van der Waals surface area contributed by atoms with Crippen LogP contribution in [0, 0.1) is 0 Å². The molecule has 118 valence electrons. The smallest absolute Gasteiger partial charge is 0.241 e. The molecular formula is C15H24N2O2S2. The summed E-state index contributed by atoms with van der Waals surface area (Å²) in [5, 5.41) is 3.40. The maximum atomic E-state index is 12.7. The molecule has 1 aromatic rings. The monoisotopic (exact) mass is 328 g/mol. The van der Waals surface area contributed by atoms with E-state index in [2.05, 4.69) is 16.3 Å². The van der Waals surface area contributed by atoms with E-state index >= 15 is 0 Å². The molecule has 0 heterocycles. The summed E-state index contributed by atoms with van der Waals surface area (Å²) in [5.41, 5.74) is 0.809. The summed E-state index contributed by atoms with van der Waals surface area (Å²) in [4.78, 5) is 0.393. The van der Waals surface area contributed by atoms with Crippen LogP contribution in [0.2, 0.25) is 0 Å². The average Bonchev–Trinajstić information content (AvgIpc) is 2.48. The van der Waals surface area contributed by atoms with E-state index in [0.717, 1.165) is 24.8 Å². The van der Waals surface area contributed by atoms with Gasteiger partial charge in [0.2, 0.25) is 10.0 Å². The van der Waals surface area contributed by atoms with Crippen molar-refractivity contribution in [2.75, 3.05) is 13.3 Å². The lowest BCUT2D eigenvalue weighted by molar-refractivity contribution is 0.423. The van der Waals surface area contributed by atoms with Gasteiger partial charge in [-0.1, -0.05) is 31.0 Å². The Morgan fingerprint density at radius 2 is 1.95 bits per heavy atom. The van der Waals surface area contributed by atoms with Gasteiger partial charge in [-0.15, -0.1) is 0 Å². The molecule has 2 N–H and O–H groups in total. The second-order valence-corrected chi connectivity index (χ2v) is 8.18. The number of rotatable bonds is 6. The number of sulfonamides is 1. The Hall–Kier alpha value is -0.560. The van der Waals surface area contributed by atoms with Crippen LogP contribution in [-0.2, 0) is 16.6 Å². The van der Waals surface area contributed by atoms with Crippen molar-refractivity contribution in [2.24, 2.45) is 0 Å². The third-order valence-electron chi connectivity index (χ3n) is 3.94. The summed E-state index contributed by atoms with van der Waals surface area (Å²) >= 11 is 1.76. The Labute approximate surface area is 132 Å². The molecule has 1 fully saturated rings. The third-order valence-corrected chi connectivity index (χ3v) is 6.70. The second-order valence-electron chi connectivity index (χ2n) is 5.42. The van der Waals surface area contributed by atoms with Gasteiger partial charge in [0.05, 0.1) is 4.90 Å². The highest BCUT2D eigenvalue weighted by atomic mass is 32.2. The highest BCUT2D eigenvalue weighted by Crippen LogP contribution is 2.28. The molecule has 0 bridgehead atoms. The zero-order chi connectivity index (χ0) is 15.3. The van der Waals surface area contributed by atoms with Crippen molar-refractivity contribution in [1.29, 1.82) is 0 Å². The summed E-state index contributed by atoms with van der Waals surface area (Å²) in [7, 11) is -1.64. The van der Waals surface area contributed by atoms with E-state index in [1.54, 1.807) is 23.9 Å². The molecule has 0 aromatic heterocycles. The first-order valence-corrected chi connectivity index (χ1v) is 10.1. The lowest BCUT2D eigenvalue weighted by Crippen LogP contribution is -2.43. The molecule has 1 aliphatic rings. The minimum Gasteiger partial charge on any atom is -0.316 e. The zero-order valence-electron chi connectivity index (χ0n) is 12.6. The summed E-state index contributed by atoms with van der Waals surface area (Å²) in [6, 6.07) is 7.24. The van der Waals surface area contributed by atoms with Gasteiger partial charge in [-0.3, -0.25) is 0 Å². The van der Waals surface area contributed by atoms with Crippen molar-refractivity contribution < 1.29 is 8.42 Å². The molecular weight excluding hydrogens is 304 g/mol. The quantitative estimate of drug-likeness (QED) is 0.842. The number of benzene rings is 1. The first-order chi connectivity index (χ1) is 10.1. The van der Waals surface area contributed by atoms with Crippen LogP contribution in [-0.4, -0.2) is 33.0 Å². The third kappa shape index (κ3) is 4.22. The molecule has 6 heteroatoms. The Morgan fingerprint density at radius 1 is 1.24 bits per heavy atom. The first-order valence-electron chi connectivity index (χ1n) is 7.36. The molecule has 1 saturated carbocycles. The van der Waals surface area contributed by atoms with Gasteiger partial charge >= 0.3 is 0 Å². The molecule has 1 aliphatic carbocycles. The Kier molecular flexibility index (Phi) is 6.10. The van der Waals surface area contributed by atoms with Crippen LogP contribution in [0.4, 0.5) is 0 Å². The van der Waals surface area contributed by atoms with Crippen LogP contribution in [0.15, 0.2) is 29.2 Å². The van der Waals surface area contributed by atoms with Gasteiger partial charge in [-0.05, 0) is 37.8 Å². The summed E-state index contributed by atoms with van der Waals surface area (Å²) in [6.45, 7) is 0.549. The van der Waals surface area contributed by atoms with Crippen molar-refractivity contribution in [3.05, 3.63) is 29.8 Å². The van der Waals surface area contributed by atoms with Crippen molar-refractivity contribution in [2.45, 2.75) is 48.4 Å². The van der Waals surface area contributed by atoms with Crippen LogP contribution in [0.25, 0.3) is 0 Å². The standard InChI is InChI=1S/C15H24N2O2S2/c1-16-11-12-7-3-6-10-15(12)21(18,19)17-13-8-4-5-9-14(13)20-2/h3,6-7,10,13-14,16-17H,4-5,8-9,11H2,1-2H3. The van der Waals surface area contributed by atoms with Gasteiger partial charge in [0.25, 0.3) is 0 Å². The molecule has 0 spiro atoms. The van der Waals surface area contributed by atoms with Crippen molar-refractivity contribution in [3.63, 3.8) is 0 Å². The maximum Gasteiger partial charge on any atom is 0.241 e. The highest BCUT2D eigenvalue weighted by Gasteiger charge is 2.29.